The zero-order chi connectivity index (χ0) is 9.78. The third kappa shape index (κ3) is 1.73. The van der Waals surface area contributed by atoms with Crippen LogP contribution in [-0.4, -0.2) is 19.1 Å². The molecule has 0 heterocycles. The maximum atomic E-state index is 11.1. The molecule has 0 aliphatic carbocycles. The Balaban J connectivity index is 4.75. The summed E-state index contributed by atoms with van der Waals surface area (Å²) in [5.74, 6) is -0.537. The zero-order valence-electron chi connectivity index (χ0n) is 7.29. The fraction of sp³-hybridized carbons (Fsp3) is 0.625. The Morgan fingerprint density at radius 3 is 2.50 bits per heavy atom. The van der Waals surface area contributed by atoms with Crippen molar-refractivity contribution in [3.8, 4) is 6.07 Å². The lowest BCUT2D eigenvalue weighted by Gasteiger charge is -2.17. The van der Waals surface area contributed by atoms with Crippen LogP contribution in [0.4, 0.5) is 0 Å². The van der Waals surface area contributed by atoms with Crippen LogP contribution in [0.3, 0.4) is 0 Å². The maximum Gasteiger partial charge on any atom is 0.322 e. The maximum absolute atomic E-state index is 11.1. The predicted molar refractivity (Wildman–Crippen MR) is 41.8 cm³/mol. The molecule has 0 aliphatic heterocycles. The SMILES string of the molecule is [C-]#[N+]C(C#N)C(C)(C)C(=O)OC. The summed E-state index contributed by atoms with van der Waals surface area (Å²) in [4.78, 5) is 14.1. The summed E-state index contributed by atoms with van der Waals surface area (Å²) in [5.41, 5.74) is -1.05. The summed E-state index contributed by atoms with van der Waals surface area (Å²) in [6.07, 6.45) is 0. The van der Waals surface area contributed by atoms with Gasteiger partial charge in [-0.15, -0.1) is 0 Å². The molecular formula is C8H10N2O2. The van der Waals surface area contributed by atoms with Crippen LogP contribution in [0.5, 0.6) is 0 Å². The van der Waals surface area contributed by atoms with Gasteiger partial charge in [-0.25, -0.2) is 6.57 Å². The van der Waals surface area contributed by atoms with E-state index in [-0.39, 0.29) is 0 Å². The molecule has 0 saturated carbocycles. The van der Waals surface area contributed by atoms with Gasteiger partial charge in [0.05, 0.1) is 7.11 Å². The Bertz CT molecular complexity index is 243. The van der Waals surface area contributed by atoms with Gasteiger partial charge in [0, 0.05) is 0 Å². The van der Waals surface area contributed by atoms with Crippen molar-refractivity contribution in [3.63, 3.8) is 0 Å². The first-order chi connectivity index (χ1) is 5.50. The third-order valence-electron chi connectivity index (χ3n) is 1.65. The smallest absolute Gasteiger partial charge is 0.322 e. The van der Waals surface area contributed by atoms with Crippen LogP contribution in [0, 0.1) is 23.3 Å². The molecule has 0 aromatic heterocycles. The molecule has 0 rings (SSSR count). The van der Waals surface area contributed by atoms with Gasteiger partial charge in [-0.05, 0) is 13.8 Å². The van der Waals surface area contributed by atoms with Gasteiger partial charge in [0.2, 0.25) is 0 Å². The van der Waals surface area contributed by atoms with E-state index < -0.39 is 17.4 Å². The summed E-state index contributed by atoms with van der Waals surface area (Å²) in [6, 6.07) is 0.771. The van der Waals surface area contributed by atoms with Crippen LogP contribution in [-0.2, 0) is 9.53 Å². The first kappa shape index (κ1) is 10.4. The molecule has 12 heavy (non-hydrogen) atoms. The number of carbonyl (C=O) groups excluding carboxylic acids is 1. The molecule has 0 aromatic rings. The van der Waals surface area contributed by atoms with Gasteiger partial charge in [0.15, 0.2) is 11.5 Å². The van der Waals surface area contributed by atoms with Gasteiger partial charge >= 0.3 is 12.0 Å². The molecule has 4 nitrogen and oxygen atoms in total. The molecular weight excluding hydrogens is 156 g/mol. The molecule has 0 aromatic carbocycles. The number of nitrogens with zero attached hydrogens (tertiary/aromatic N) is 2. The average Bonchev–Trinajstić information content (AvgIpc) is 2.04. The summed E-state index contributed by atoms with van der Waals surface area (Å²) in [6.45, 7) is 9.72. The highest BCUT2D eigenvalue weighted by molar-refractivity contribution is 5.77. The Labute approximate surface area is 71.6 Å². The van der Waals surface area contributed by atoms with E-state index in [2.05, 4.69) is 9.58 Å². The summed E-state index contributed by atoms with van der Waals surface area (Å²) in [5, 5.41) is 8.53. The normalized spacial score (nSPS) is 12.4. The van der Waals surface area contributed by atoms with E-state index in [1.54, 1.807) is 6.07 Å². The molecule has 0 amide bonds. The van der Waals surface area contributed by atoms with E-state index >= 15 is 0 Å². The quantitative estimate of drug-likeness (QED) is 0.454. The van der Waals surface area contributed by atoms with Crippen LogP contribution in [0.25, 0.3) is 4.85 Å². The van der Waals surface area contributed by atoms with Crippen molar-refractivity contribution in [1.82, 2.24) is 0 Å². The Hall–Kier alpha value is -1.55. The molecule has 0 fully saturated rings. The van der Waals surface area contributed by atoms with Gasteiger partial charge < -0.3 is 4.74 Å². The largest absolute Gasteiger partial charge is 0.468 e. The van der Waals surface area contributed by atoms with Crippen molar-refractivity contribution < 1.29 is 9.53 Å². The molecule has 64 valence electrons. The van der Waals surface area contributed by atoms with Gasteiger partial charge in [-0.3, -0.25) is 9.64 Å². The molecule has 0 spiro atoms. The summed E-state index contributed by atoms with van der Waals surface area (Å²) < 4.78 is 4.47. The average molecular weight is 166 g/mol. The minimum Gasteiger partial charge on any atom is -0.468 e. The van der Waals surface area contributed by atoms with E-state index in [0.29, 0.717) is 0 Å². The minimum absolute atomic E-state index is 0.537. The molecule has 1 unspecified atom stereocenters. The molecule has 1 atom stereocenters. The first-order valence-electron chi connectivity index (χ1n) is 3.35. The second-order valence-corrected chi connectivity index (χ2v) is 2.87. The van der Waals surface area contributed by atoms with Crippen molar-refractivity contribution in [3.05, 3.63) is 11.4 Å². The van der Waals surface area contributed by atoms with Gasteiger partial charge in [0.1, 0.15) is 0 Å². The number of methoxy groups -OCH3 is 1. The van der Waals surface area contributed by atoms with E-state index in [0.717, 1.165) is 0 Å². The van der Waals surface area contributed by atoms with Crippen molar-refractivity contribution in [1.29, 1.82) is 5.26 Å². The second-order valence-electron chi connectivity index (χ2n) is 2.87. The molecule has 0 N–H and O–H groups in total. The van der Waals surface area contributed by atoms with Crippen LogP contribution < -0.4 is 0 Å². The summed E-state index contributed by atoms with van der Waals surface area (Å²) in [7, 11) is 1.24. The monoisotopic (exact) mass is 166 g/mol. The van der Waals surface area contributed by atoms with Crippen LogP contribution in [0.1, 0.15) is 13.8 Å². The Morgan fingerprint density at radius 1 is 1.75 bits per heavy atom. The van der Waals surface area contributed by atoms with Gasteiger partial charge in [0.25, 0.3) is 0 Å². The van der Waals surface area contributed by atoms with Gasteiger partial charge in [-0.2, -0.15) is 5.26 Å². The fourth-order valence-electron chi connectivity index (χ4n) is 0.726. The first-order valence-corrected chi connectivity index (χ1v) is 3.35. The highest BCUT2D eigenvalue weighted by Crippen LogP contribution is 2.24. The van der Waals surface area contributed by atoms with Crippen molar-refractivity contribution in [2.24, 2.45) is 5.41 Å². The summed E-state index contributed by atoms with van der Waals surface area (Å²) >= 11 is 0. The Kier molecular flexibility index (Phi) is 3.25. The van der Waals surface area contributed by atoms with Crippen LogP contribution in [0.15, 0.2) is 0 Å². The number of nitriles is 1. The van der Waals surface area contributed by atoms with E-state index in [1.807, 2.05) is 0 Å². The lowest BCUT2D eigenvalue weighted by Crippen LogP contribution is -2.35. The van der Waals surface area contributed by atoms with E-state index in [9.17, 15) is 4.79 Å². The lowest BCUT2D eigenvalue weighted by atomic mass is 9.86. The van der Waals surface area contributed by atoms with Crippen LogP contribution in [0.2, 0.25) is 0 Å². The number of carbonyl (C=O) groups is 1. The highest BCUT2D eigenvalue weighted by Gasteiger charge is 2.43. The van der Waals surface area contributed by atoms with Crippen LogP contribution >= 0.6 is 0 Å². The molecule has 0 radical (unpaired) electrons. The fourth-order valence-corrected chi connectivity index (χ4v) is 0.726. The standard InChI is InChI=1S/C8H10N2O2/c1-8(2,7(11)12-4)6(5-9)10-3/h6H,1-2,4H3. The lowest BCUT2D eigenvalue weighted by molar-refractivity contribution is -0.150. The number of rotatable bonds is 2. The Morgan fingerprint density at radius 2 is 2.25 bits per heavy atom. The highest BCUT2D eigenvalue weighted by atomic mass is 16.5. The topological polar surface area (TPSA) is 54.5 Å². The predicted octanol–water partition coefficient (Wildman–Crippen LogP) is 0.997. The van der Waals surface area contributed by atoms with Crippen molar-refractivity contribution >= 4 is 5.97 Å². The van der Waals surface area contributed by atoms with Crippen molar-refractivity contribution in [2.75, 3.05) is 7.11 Å². The zero-order valence-corrected chi connectivity index (χ0v) is 7.29. The minimum atomic E-state index is -1.05. The van der Waals surface area contributed by atoms with E-state index in [1.165, 1.54) is 21.0 Å². The number of esters is 1. The number of hydrogen-bond donors (Lipinski definition) is 0. The van der Waals surface area contributed by atoms with E-state index in [4.69, 9.17) is 11.8 Å². The molecule has 4 heteroatoms. The molecule has 0 aliphatic rings. The number of hydrogen-bond acceptors (Lipinski definition) is 3. The third-order valence-corrected chi connectivity index (χ3v) is 1.65. The second kappa shape index (κ2) is 3.73. The molecule has 0 bridgehead atoms. The van der Waals surface area contributed by atoms with Gasteiger partial charge in [-0.1, -0.05) is 0 Å². The van der Waals surface area contributed by atoms with Crippen molar-refractivity contribution in [2.45, 2.75) is 19.9 Å². The molecule has 0 saturated heterocycles. The number of ether oxygens (including phenoxy) is 1.